The third-order valence-corrected chi connectivity index (χ3v) is 5.37. The molecule has 0 aliphatic carbocycles. The summed E-state index contributed by atoms with van der Waals surface area (Å²) in [4.78, 5) is 33.4. The zero-order chi connectivity index (χ0) is 22.3. The van der Waals surface area contributed by atoms with E-state index in [1.165, 1.54) is 6.33 Å². The lowest BCUT2D eigenvalue weighted by Crippen LogP contribution is -2.48. The predicted octanol–water partition coefficient (Wildman–Crippen LogP) is 4.06. The molecule has 2 atom stereocenters. The molecule has 1 amide bonds. The lowest BCUT2D eigenvalue weighted by molar-refractivity contribution is -0.0644. The van der Waals surface area contributed by atoms with Crippen molar-refractivity contribution in [1.82, 2.24) is 19.4 Å². The van der Waals surface area contributed by atoms with Gasteiger partial charge in [-0.1, -0.05) is 23.7 Å². The number of ether oxygens (including phenoxy) is 2. The molecule has 2 aromatic heterocycles. The van der Waals surface area contributed by atoms with Crippen molar-refractivity contribution in [3.63, 3.8) is 0 Å². The molecule has 1 aliphatic rings. The SMILES string of the molecule is C[C@H]1CN(C(=O)OC(C)(C)C)[C@H](c2ccc(-n3c(Cl)cc4c(=O)[nH]cnc43)cc2)CO1. The van der Waals surface area contributed by atoms with Gasteiger partial charge in [-0.25, -0.2) is 9.78 Å². The molecule has 0 bridgehead atoms. The Morgan fingerprint density at radius 2 is 2.00 bits per heavy atom. The van der Waals surface area contributed by atoms with Crippen LogP contribution in [0.15, 0.2) is 41.5 Å². The summed E-state index contributed by atoms with van der Waals surface area (Å²) in [6.45, 7) is 8.31. The summed E-state index contributed by atoms with van der Waals surface area (Å²) in [5.41, 5.74) is 1.33. The van der Waals surface area contributed by atoms with Gasteiger partial charge in [-0.05, 0) is 51.5 Å². The van der Waals surface area contributed by atoms with E-state index < -0.39 is 5.60 Å². The second kappa shape index (κ2) is 8.01. The molecule has 1 fully saturated rings. The molecule has 0 radical (unpaired) electrons. The maximum atomic E-state index is 12.8. The minimum absolute atomic E-state index is 0.0720. The van der Waals surface area contributed by atoms with E-state index in [9.17, 15) is 9.59 Å². The van der Waals surface area contributed by atoms with E-state index in [1.54, 1.807) is 15.5 Å². The first-order valence-electron chi connectivity index (χ1n) is 10.1. The molecule has 3 heterocycles. The molecular formula is C22H25ClN4O4. The Kier molecular flexibility index (Phi) is 5.53. The van der Waals surface area contributed by atoms with Crippen LogP contribution in [0.3, 0.4) is 0 Å². The number of benzene rings is 1. The zero-order valence-corrected chi connectivity index (χ0v) is 18.6. The fourth-order valence-corrected chi connectivity index (χ4v) is 3.97. The van der Waals surface area contributed by atoms with Crippen LogP contribution in [-0.4, -0.2) is 50.4 Å². The first kappa shape index (κ1) is 21.4. The van der Waals surface area contributed by atoms with Crippen molar-refractivity contribution in [2.45, 2.75) is 45.4 Å². The molecule has 1 N–H and O–H groups in total. The van der Waals surface area contributed by atoms with Crippen LogP contribution in [0, 0.1) is 0 Å². The van der Waals surface area contributed by atoms with Crippen molar-refractivity contribution in [2.75, 3.05) is 13.2 Å². The predicted molar refractivity (Wildman–Crippen MR) is 118 cm³/mol. The topological polar surface area (TPSA) is 89.5 Å². The van der Waals surface area contributed by atoms with Crippen molar-refractivity contribution >= 4 is 28.7 Å². The number of aromatic amines is 1. The molecule has 9 heteroatoms. The van der Waals surface area contributed by atoms with E-state index in [4.69, 9.17) is 21.1 Å². The average molecular weight is 445 g/mol. The van der Waals surface area contributed by atoms with Crippen LogP contribution in [0.5, 0.6) is 0 Å². The van der Waals surface area contributed by atoms with E-state index in [-0.39, 0.29) is 23.8 Å². The number of hydrogen-bond donors (Lipinski definition) is 1. The number of nitrogens with one attached hydrogen (secondary N) is 1. The third kappa shape index (κ3) is 4.31. The molecule has 1 aliphatic heterocycles. The minimum atomic E-state index is -0.579. The molecule has 0 unspecified atom stereocenters. The maximum Gasteiger partial charge on any atom is 0.410 e. The Morgan fingerprint density at radius 1 is 1.29 bits per heavy atom. The van der Waals surface area contributed by atoms with Gasteiger partial charge in [0.2, 0.25) is 0 Å². The number of amides is 1. The van der Waals surface area contributed by atoms with Gasteiger partial charge >= 0.3 is 6.09 Å². The summed E-state index contributed by atoms with van der Waals surface area (Å²) in [6.07, 6.45) is 0.919. The summed E-state index contributed by atoms with van der Waals surface area (Å²) in [7, 11) is 0. The molecule has 164 valence electrons. The Hall–Kier alpha value is -2.84. The molecule has 31 heavy (non-hydrogen) atoms. The molecule has 4 rings (SSSR count). The van der Waals surface area contributed by atoms with Crippen molar-refractivity contribution in [3.8, 4) is 5.69 Å². The fraction of sp³-hybridized carbons (Fsp3) is 0.409. The van der Waals surface area contributed by atoms with Gasteiger partial charge in [0, 0.05) is 5.69 Å². The number of fused-ring (bicyclic) bond motifs is 1. The number of hydrogen-bond acceptors (Lipinski definition) is 5. The van der Waals surface area contributed by atoms with Crippen LogP contribution in [0.1, 0.15) is 39.3 Å². The number of halogens is 1. The Bertz CT molecular complexity index is 1160. The number of nitrogens with zero attached hydrogens (tertiary/aromatic N) is 3. The highest BCUT2D eigenvalue weighted by molar-refractivity contribution is 6.31. The Morgan fingerprint density at radius 3 is 2.68 bits per heavy atom. The van der Waals surface area contributed by atoms with Crippen LogP contribution in [-0.2, 0) is 9.47 Å². The molecule has 8 nitrogen and oxygen atoms in total. The molecule has 1 aromatic carbocycles. The van der Waals surface area contributed by atoms with Crippen LogP contribution in [0.25, 0.3) is 16.7 Å². The first-order valence-corrected chi connectivity index (χ1v) is 10.5. The monoisotopic (exact) mass is 444 g/mol. The van der Waals surface area contributed by atoms with Gasteiger partial charge in [0.1, 0.15) is 10.8 Å². The summed E-state index contributed by atoms with van der Waals surface area (Å²) < 4.78 is 13.1. The van der Waals surface area contributed by atoms with Gasteiger partial charge in [-0.15, -0.1) is 0 Å². The fourth-order valence-electron chi connectivity index (χ4n) is 3.69. The van der Waals surface area contributed by atoms with Crippen LogP contribution in [0.4, 0.5) is 4.79 Å². The van der Waals surface area contributed by atoms with E-state index in [0.717, 1.165) is 11.3 Å². The summed E-state index contributed by atoms with van der Waals surface area (Å²) in [6, 6.07) is 8.94. The van der Waals surface area contributed by atoms with Gasteiger partial charge in [0.05, 0.1) is 37.0 Å². The van der Waals surface area contributed by atoms with E-state index in [1.807, 2.05) is 52.0 Å². The third-order valence-electron chi connectivity index (χ3n) is 5.09. The van der Waals surface area contributed by atoms with Crippen molar-refractivity contribution in [1.29, 1.82) is 0 Å². The molecular weight excluding hydrogens is 420 g/mol. The Labute approximate surface area is 184 Å². The van der Waals surface area contributed by atoms with Crippen molar-refractivity contribution in [2.24, 2.45) is 0 Å². The average Bonchev–Trinajstić information content (AvgIpc) is 3.04. The number of rotatable bonds is 2. The zero-order valence-electron chi connectivity index (χ0n) is 17.9. The second-order valence-corrected chi connectivity index (χ2v) is 9.04. The number of aromatic nitrogens is 3. The first-order chi connectivity index (χ1) is 14.6. The number of carbonyl (C=O) groups is 1. The van der Waals surface area contributed by atoms with E-state index in [0.29, 0.717) is 29.3 Å². The molecule has 0 spiro atoms. The number of morpholine rings is 1. The van der Waals surface area contributed by atoms with Gasteiger partial charge in [0.25, 0.3) is 5.56 Å². The minimum Gasteiger partial charge on any atom is -0.444 e. The van der Waals surface area contributed by atoms with E-state index >= 15 is 0 Å². The number of carbonyl (C=O) groups excluding carboxylic acids is 1. The second-order valence-electron chi connectivity index (χ2n) is 8.66. The highest BCUT2D eigenvalue weighted by Crippen LogP contribution is 2.30. The lowest BCUT2D eigenvalue weighted by atomic mass is 10.0. The normalized spacial score (nSPS) is 19.6. The Balaban J connectivity index is 1.66. The quantitative estimate of drug-likeness (QED) is 0.643. The maximum absolute atomic E-state index is 12.8. The standard InChI is InChI=1S/C22H25ClN4O4/c1-13-10-26(21(29)31-22(2,3)4)17(11-30-13)14-5-7-15(8-6-14)27-18(23)9-16-19(27)24-12-25-20(16)28/h5-9,12-13,17H,10-11H2,1-4H3,(H,24,25,28)/t13-,17-/m0/s1. The molecule has 0 saturated carbocycles. The van der Waals surface area contributed by atoms with Crippen molar-refractivity contribution in [3.05, 3.63) is 57.7 Å². The molecule has 3 aromatic rings. The molecule has 1 saturated heterocycles. The van der Waals surface area contributed by atoms with Gasteiger partial charge in [-0.2, -0.15) is 0 Å². The summed E-state index contributed by atoms with van der Waals surface area (Å²) >= 11 is 6.39. The van der Waals surface area contributed by atoms with Gasteiger partial charge < -0.3 is 14.5 Å². The number of H-pyrrole nitrogens is 1. The smallest absolute Gasteiger partial charge is 0.410 e. The summed E-state index contributed by atoms with van der Waals surface area (Å²) in [5, 5.41) is 0.805. The van der Waals surface area contributed by atoms with Crippen molar-refractivity contribution < 1.29 is 14.3 Å². The van der Waals surface area contributed by atoms with Crippen LogP contribution >= 0.6 is 11.6 Å². The van der Waals surface area contributed by atoms with Crippen LogP contribution in [0.2, 0.25) is 5.15 Å². The lowest BCUT2D eigenvalue weighted by Gasteiger charge is -2.39. The van der Waals surface area contributed by atoms with E-state index in [2.05, 4.69) is 9.97 Å². The highest BCUT2D eigenvalue weighted by atomic mass is 35.5. The van der Waals surface area contributed by atoms with Gasteiger partial charge in [0.15, 0.2) is 5.65 Å². The largest absolute Gasteiger partial charge is 0.444 e. The van der Waals surface area contributed by atoms with Gasteiger partial charge in [-0.3, -0.25) is 14.3 Å². The van der Waals surface area contributed by atoms with Crippen LogP contribution < -0.4 is 5.56 Å². The highest BCUT2D eigenvalue weighted by Gasteiger charge is 2.34. The summed E-state index contributed by atoms with van der Waals surface area (Å²) in [5.74, 6) is 0.